The smallest absolute Gasteiger partial charge is 0.416 e. The van der Waals surface area contributed by atoms with Crippen LogP contribution in [0.5, 0.6) is 0 Å². The summed E-state index contributed by atoms with van der Waals surface area (Å²) < 4.78 is 44.8. The lowest BCUT2D eigenvalue weighted by molar-refractivity contribution is -0.153. The molecule has 10 heteroatoms. The van der Waals surface area contributed by atoms with Crippen LogP contribution in [0, 0.1) is 11.8 Å². The van der Waals surface area contributed by atoms with E-state index in [1.54, 1.807) is 12.1 Å². The molecule has 1 aliphatic carbocycles. The lowest BCUT2D eigenvalue weighted by Gasteiger charge is -2.30. The molecule has 31 heavy (non-hydrogen) atoms. The van der Waals surface area contributed by atoms with Crippen molar-refractivity contribution in [2.24, 2.45) is 17.6 Å². The van der Waals surface area contributed by atoms with Crippen molar-refractivity contribution in [2.45, 2.75) is 51.9 Å². The van der Waals surface area contributed by atoms with Gasteiger partial charge in [-0.3, -0.25) is 4.79 Å². The summed E-state index contributed by atoms with van der Waals surface area (Å²) in [6.07, 6.45) is -3.74. The van der Waals surface area contributed by atoms with Crippen molar-refractivity contribution in [1.82, 2.24) is 10.2 Å². The zero-order valence-corrected chi connectivity index (χ0v) is 19.0. The summed E-state index contributed by atoms with van der Waals surface area (Å²) in [6.45, 7) is 5.69. The Labute approximate surface area is 191 Å². The molecular formula is C21H26Cl2F3N3O2. The minimum absolute atomic E-state index is 0. The third kappa shape index (κ3) is 6.30. The van der Waals surface area contributed by atoms with Gasteiger partial charge in [-0.25, -0.2) is 0 Å². The number of alkyl halides is 3. The largest absolute Gasteiger partial charge is 0.456 e. The fourth-order valence-corrected chi connectivity index (χ4v) is 3.37. The second-order valence-corrected chi connectivity index (χ2v) is 7.95. The Kier molecular flexibility index (Phi) is 9.29. The first-order valence-electron chi connectivity index (χ1n) is 9.56. The average molecular weight is 480 g/mol. The van der Waals surface area contributed by atoms with E-state index < -0.39 is 29.9 Å². The van der Waals surface area contributed by atoms with Crippen molar-refractivity contribution in [3.8, 4) is 11.3 Å². The van der Waals surface area contributed by atoms with Gasteiger partial charge in [0.05, 0.1) is 17.0 Å². The van der Waals surface area contributed by atoms with E-state index in [4.69, 9.17) is 10.5 Å². The third-order valence-electron chi connectivity index (χ3n) is 5.14. The highest BCUT2D eigenvalue weighted by Crippen LogP contribution is 2.37. The molecule has 1 aromatic carbocycles. The van der Waals surface area contributed by atoms with Crippen molar-refractivity contribution in [2.75, 3.05) is 0 Å². The number of benzene rings is 1. The molecule has 1 heterocycles. The summed E-state index contributed by atoms with van der Waals surface area (Å²) in [7, 11) is 0. The number of fused-ring (bicyclic) bond motifs is 1. The van der Waals surface area contributed by atoms with E-state index >= 15 is 0 Å². The fraction of sp³-hybridized carbons (Fsp3) is 0.476. The van der Waals surface area contributed by atoms with E-state index in [-0.39, 0.29) is 36.6 Å². The molecule has 3 rings (SSSR count). The zero-order valence-electron chi connectivity index (χ0n) is 17.3. The van der Waals surface area contributed by atoms with Gasteiger partial charge in [0.25, 0.3) is 0 Å². The minimum atomic E-state index is -4.45. The maximum absolute atomic E-state index is 13.0. The Morgan fingerprint density at radius 1 is 1.19 bits per heavy atom. The molecule has 3 atom stereocenters. The number of carbonyl (C=O) groups is 1. The van der Waals surface area contributed by atoms with Gasteiger partial charge in [-0.15, -0.1) is 24.8 Å². The summed E-state index contributed by atoms with van der Waals surface area (Å²) in [5.74, 6) is -0.342. The summed E-state index contributed by atoms with van der Waals surface area (Å²) in [6, 6.07) is 5.86. The zero-order chi connectivity index (χ0) is 21.3. The number of nitrogens with two attached hydrogens (primary N) is 1. The van der Waals surface area contributed by atoms with E-state index in [0.717, 1.165) is 12.1 Å². The van der Waals surface area contributed by atoms with Gasteiger partial charge < -0.3 is 10.5 Å². The molecule has 0 aliphatic heterocycles. The van der Waals surface area contributed by atoms with Gasteiger partial charge in [0, 0.05) is 11.1 Å². The van der Waals surface area contributed by atoms with Gasteiger partial charge in [0.2, 0.25) is 0 Å². The molecule has 0 saturated carbocycles. The van der Waals surface area contributed by atoms with Crippen molar-refractivity contribution in [1.29, 1.82) is 0 Å². The number of hydrogen-bond acceptors (Lipinski definition) is 5. The van der Waals surface area contributed by atoms with Crippen LogP contribution in [-0.4, -0.2) is 22.2 Å². The SMILES string of the molecule is CC1Cc2nnc(-c3cccc(C(F)(F)F)c3)cc2C(OC(=O)[C@@H](N)C(C)C)C1.Cl.Cl. The first-order valence-corrected chi connectivity index (χ1v) is 9.56. The van der Waals surface area contributed by atoms with Crippen molar-refractivity contribution < 1.29 is 22.7 Å². The lowest BCUT2D eigenvalue weighted by atomic mass is 9.85. The predicted octanol–water partition coefficient (Wildman–Crippen LogP) is 5.16. The molecule has 5 nitrogen and oxygen atoms in total. The molecule has 0 radical (unpaired) electrons. The Hall–Kier alpha value is -1.90. The van der Waals surface area contributed by atoms with E-state index in [1.807, 2.05) is 20.8 Å². The van der Waals surface area contributed by atoms with Crippen LogP contribution in [0.25, 0.3) is 11.3 Å². The Bertz CT molecular complexity index is 910. The average Bonchev–Trinajstić information content (AvgIpc) is 2.66. The molecule has 1 aliphatic rings. The highest BCUT2D eigenvalue weighted by atomic mass is 35.5. The Balaban J connectivity index is 0.00000240. The van der Waals surface area contributed by atoms with Gasteiger partial charge in [-0.05, 0) is 42.9 Å². The molecule has 2 aromatic rings. The lowest BCUT2D eigenvalue weighted by Crippen LogP contribution is -2.38. The van der Waals surface area contributed by atoms with Crippen molar-refractivity contribution in [3.05, 3.63) is 47.2 Å². The van der Waals surface area contributed by atoms with Crippen LogP contribution in [0.4, 0.5) is 13.2 Å². The van der Waals surface area contributed by atoms with Gasteiger partial charge in [0.1, 0.15) is 12.1 Å². The topological polar surface area (TPSA) is 78.1 Å². The molecule has 0 bridgehead atoms. The number of rotatable bonds is 4. The molecule has 0 spiro atoms. The van der Waals surface area contributed by atoms with E-state index in [2.05, 4.69) is 10.2 Å². The number of nitrogens with zero attached hydrogens (tertiary/aromatic N) is 2. The summed E-state index contributed by atoms with van der Waals surface area (Å²) in [4.78, 5) is 12.4. The van der Waals surface area contributed by atoms with Crippen LogP contribution in [0.1, 0.15) is 50.1 Å². The van der Waals surface area contributed by atoms with Crippen LogP contribution in [0.15, 0.2) is 30.3 Å². The van der Waals surface area contributed by atoms with Gasteiger partial charge in [0.15, 0.2) is 0 Å². The van der Waals surface area contributed by atoms with Crippen LogP contribution >= 0.6 is 24.8 Å². The fourth-order valence-electron chi connectivity index (χ4n) is 3.37. The molecule has 172 valence electrons. The molecule has 2 unspecified atom stereocenters. The van der Waals surface area contributed by atoms with Gasteiger partial charge >= 0.3 is 12.1 Å². The number of ether oxygens (including phenoxy) is 1. The predicted molar refractivity (Wildman–Crippen MR) is 116 cm³/mol. The number of halogens is 5. The number of esters is 1. The number of aromatic nitrogens is 2. The monoisotopic (exact) mass is 479 g/mol. The second-order valence-electron chi connectivity index (χ2n) is 7.95. The minimum Gasteiger partial charge on any atom is -0.456 e. The van der Waals surface area contributed by atoms with Gasteiger partial charge in [-0.1, -0.05) is 32.9 Å². The maximum Gasteiger partial charge on any atom is 0.416 e. The normalized spacial score (nSPS) is 19.0. The third-order valence-corrected chi connectivity index (χ3v) is 5.14. The Morgan fingerprint density at radius 2 is 1.87 bits per heavy atom. The highest BCUT2D eigenvalue weighted by Gasteiger charge is 2.33. The van der Waals surface area contributed by atoms with Gasteiger partial charge in [-0.2, -0.15) is 23.4 Å². The molecule has 0 amide bonds. The number of carbonyl (C=O) groups excluding carboxylic acids is 1. The molecule has 0 saturated heterocycles. The molecule has 1 aromatic heterocycles. The van der Waals surface area contributed by atoms with Crippen LogP contribution in [-0.2, 0) is 22.1 Å². The van der Waals surface area contributed by atoms with Crippen LogP contribution < -0.4 is 5.73 Å². The maximum atomic E-state index is 13.0. The standard InChI is InChI=1S/C21H24F3N3O2.2ClH/c1-11(2)19(25)20(28)29-18-8-12(3)7-17-15(18)10-16(26-27-17)13-5-4-6-14(9-13)21(22,23)24;;/h4-6,9-12,18-19H,7-8,25H2,1-3H3;2*1H/t12?,18?,19-;;/m0../s1. The molecule has 2 N–H and O–H groups in total. The van der Waals surface area contributed by atoms with E-state index in [1.165, 1.54) is 6.07 Å². The molecule has 0 fully saturated rings. The van der Waals surface area contributed by atoms with E-state index in [0.29, 0.717) is 35.4 Å². The second kappa shape index (κ2) is 10.6. The summed E-state index contributed by atoms with van der Waals surface area (Å²) in [5.41, 5.74) is 7.12. The highest BCUT2D eigenvalue weighted by molar-refractivity contribution is 5.85. The van der Waals surface area contributed by atoms with E-state index in [9.17, 15) is 18.0 Å². The van der Waals surface area contributed by atoms with Crippen LogP contribution in [0.2, 0.25) is 0 Å². The first kappa shape index (κ1) is 27.1. The van der Waals surface area contributed by atoms with Crippen molar-refractivity contribution >= 4 is 30.8 Å². The number of hydrogen-bond donors (Lipinski definition) is 1. The first-order chi connectivity index (χ1) is 13.6. The summed E-state index contributed by atoms with van der Waals surface area (Å²) in [5, 5.41) is 8.34. The van der Waals surface area contributed by atoms with Crippen molar-refractivity contribution in [3.63, 3.8) is 0 Å². The quantitative estimate of drug-likeness (QED) is 0.612. The van der Waals surface area contributed by atoms with Crippen LogP contribution in [0.3, 0.4) is 0 Å². The molecular weight excluding hydrogens is 454 g/mol. The summed E-state index contributed by atoms with van der Waals surface area (Å²) >= 11 is 0. The Morgan fingerprint density at radius 3 is 2.48 bits per heavy atom.